The van der Waals surface area contributed by atoms with Crippen LogP contribution in [-0.2, 0) is 0 Å². The Bertz CT molecular complexity index is 2710. The first-order valence-corrected chi connectivity index (χ1v) is 14.1. The van der Waals surface area contributed by atoms with Crippen molar-refractivity contribution in [3.63, 3.8) is 0 Å². The molecule has 5 heteroatoms. The summed E-state index contributed by atoms with van der Waals surface area (Å²) in [7, 11) is 0. The molecule has 0 aliphatic heterocycles. The Hall–Kier alpha value is -6.30. The topological polar surface area (TPSA) is 70.6 Å². The van der Waals surface area contributed by atoms with Gasteiger partial charge >= 0.3 is 0 Å². The van der Waals surface area contributed by atoms with Crippen LogP contribution in [0.4, 0.5) is 0 Å². The molecule has 0 atom stereocenters. The third-order valence-corrected chi connectivity index (χ3v) is 8.54. The number of hydrogen-bond acceptors (Lipinski definition) is 3. The normalized spacial score (nSPS) is 11.7. The van der Waals surface area contributed by atoms with Crippen molar-refractivity contribution in [3.05, 3.63) is 132 Å². The highest BCUT2D eigenvalue weighted by Crippen LogP contribution is 2.39. The lowest BCUT2D eigenvalue weighted by Crippen LogP contribution is -1.98. The smallest absolute Gasteiger partial charge is 0.137 e. The van der Waals surface area contributed by atoms with Crippen molar-refractivity contribution in [2.24, 2.45) is 0 Å². The van der Waals surface area contributed by atoms with Crippen molar-refractivity contribution in [2.45, 2.75) is 0 Å². The molecule has 3 aromatic heterocycles. The highest BCUT2D eigenvalue weighted by Gasteiger charge is 2.18. The van der Waals surface area contributed by atoms with Crippen LogP contribution in [0.5, 0.6) is 0 Å². The van der Waals surface area contributed by atoms with Gasteiger partial charge in [0, 0.05) is 49.8 Å². The van der Waals surface area contributed by atoms with Gasteiger partial charge in [-0.05, 0) is 72.8 Å². The van der Waals surface area contributed by atoms with Gasteiger partial charge in [-0.1, -0.05) is 42.5 Å². The third-order valence-electron chi connectivity index (χ3n) is 8.54. The van der Waals surface area contributed by atoms with Crippen molar-refractivity contribution in [3.8, 4) is 23.5 Å². The van der Waals surface area contributed by atoms with Crippen molar-refractivity contribution < 1.29 is 4.42 Å². The molecule has 0 aliphatic rings. The predicted octanol–water partition coefficient (Wildman–Crippen LogP) is 9.52. The van der Waals surface area contributed by atoms with Gasteiger partial charge in [-0.3, -0.25) is 0 Å². The van der Waals surface area contributed by atoms with Crippen LogP contribution in [0.25, 0.3) is 76.9 Å². The molecule has 6 aromatic carbocycles. The van der Waals surface area contributed by atoms with Crippen LogP contribution >= 0.6 is 0 Å². The van der Waals surface area contributed by atoms with Crippen LogP contribution in [0.1, 0.15) is 11.1 Å². The molecule has 0 spiro atoms. The maximum Gasteiger partial charge on any atom is 0.137 e. The van der Waals surface area contributed by atoms with Crippen molar-refractivity contribution in [1.82, 2.24) is 9.13 Å². The molecule has 198 valence electrons. The molecule has 43 heavy (non-hydrogen) atoms. The van der Waals surface area contributed by atoms with E-state index in [2.05, 4.69) is 100 Å². The third kappa shape index (κ3) is 3.25. The van der Waals surface area contributed by atoms with Crippen LogP contribution < -0.4 is 0 Å². The monoisotopic (exact) mass is 548 g/mol. The fraction of sp³-hybridized carbons (Fsp3) is 0. The van der Waals surface area contributed by atoms with E-state index in [1.165, 1.54) is 0 Å². The molecule has 0 saturated carbocycles. The molecule has 0 fully saturated rings. The number of hydrogen-bond donors (Lipinski definition) is 0. The van der Waals surface area contributed by atoms with E-state index in [4.69, 9.17) is 4.42 Å². The van der Waals surface area contributed by atoms with E-state index < -0.39 is 0 Å². The highest BCUT2D eigenvalue weighted by molar-refractivity contribution is 6.17. The first-order valence-electron chi connectivity index (χ1n) is 14.1. The molecule has 0 amide bonds. The van der Waals surface area contributed by atoms with Gasteiger partial charge < -0.3 is 13.6 Å². The van der Waals surface area contributed by atoms with Crippen molar-refractivity contribution in [1.29, 1.82) is 10.5 Å². The van der Waals surface area contributed by atoms with E-state index in [1.54, 1.807) is 6.07 Å². The summed E-state index contributed by atoms with van der Waals surface area (Å²) in [6.45, 7) is 0. The van der Waals surface area contributed by atoms with E-state index in [9.17, 15) is 10.5 Å². The molecule has 0 unspecified atom stereocenters. The van der Waals surface area contributed by atoms with Crippen LogP contribution in [0.2, 0.25) is 0 Å². The summed E-state index contributed by atoms with van der Waals surface area (Å²) in [4.78, 5) is 0. The minimum atomic E-state index is 0.614. The van der Waals surface area contributed by atoms with Crippen LogP contribution in [0, 0.1) is 22.7 Å². The Morgan fingerprint density at radius 2 is 0.977 bits per heavy atom. The van der Waals surface area contributed by atoms with Crippen LogP contribution in [0.3, 0.4) is 0 Å². The van der Waals surface area contributed by atoms with Gasteiger partial charge in [0.05, 0.1) is 45.3 Å². The number of fused-ring (bicyclic) bond motifs is 9. The number of nitrogens with zero attached hydrogens (tertiary/aromatic N) is 4. The SMILES string of the molecule is N#Cc1ccc2oc3cc4c(cc3c2c1)c1ccccc1n4-c1cccc(-n2c3ccccc3c3cc(C#N)ccc32)c1. The Balaban J connectivity index is 1.33. The molecule has 5 nitrogen and oxygen atoms in total. The predicted molar refractivity (Wildman–Crippen MR) is 172 cm³/mol. The molecule has 0 N–H and O–H groups in total. The molecule has 9 aromatic rings. The maximum atomic E-state index is 9.56. The summed E-state index contributed by atoms with van der Waals surface area (Å²) in [5.74, 6) is 0. The quantitative estimate of drug-likeness (QED) is 0.216. The van der Waals surface area contributed by atoms with Gasteiger partial charge in [0.15, 0.2) is 0 Å². The van der Waals surface area contributed by atoms with E-state index in [0.29, 0.717) is 11.1 Å². The summed E-state index contributed by atoms with van der Waals surface area (Å²) in [6.07, 6.45) is 0. The maximum absolute atomic E-state index is 9.56. The minimum absolute atomic E-state index is 0.614. The molecule has 0 aliphatic carbocycles. The second kappa shape index (κ2) is 8.60. The zero-order chi connectivity index (χ0) is 28.7. The zero-order valence-corrected chi connectivity index (χ0v) is 22.7. The second-order valence-electron chi connectivity index (χ2n) is 10.9. The number of furan rings is 1. The van der Waals surface area contributed by atoms with Gasteiger partial charge in [0.25, 0.3) is 0 Å². The van der Waals surface area contributed by atoms with Crippen LogP contribution in [-0.4, -0.2) is 9.13 Å². The van der Waals surface area contributed by atoms with E-state index in [1.807, 2.05) is 36.4 Å². The number of benzene rings is 6. The van der Waals surface area contributed by atoms with Gasteiger partial charge in [0.1, 0.15) is 11.2 Å². The van der Waals surface area contributed by atoms with Gasteiger partial charge in [0.2, 0.25) is 0 Å². The number of rotatable bonds is 2. The lowest BCUT2D eigenvalue weighted by molar-refractivity contribution is 0.669. The van der Waals surface area contributed by atoms with E-state index in [-0.39, 0.29) is 0 Å². The Morgan fingerprint density at radius 1 is 0.419 bits per heavy atom. The Morgan fingerprint density at radius 3 is 1.67 bits per heavy atom. The number of aromatic nitrogens is 2. The van der Waals surface area contributed by atoms with Crippen LogP contribution in [0.15, 0.2) is 126 Å². The fourth-order valence-corrected chi connectivity index (χ4v) is 6.68. The number of nitriles is 2. The first-order chi connectivity index (χ1) is 21.2. The van der Waals surface area contributed by atoms with E-state index in [0.717, 1.165) is 76.9 Å². The van der Waals surface area contributed by atoms with Crippen molar-refractivity contribution >= 4 is 65.6 Å². The largest absolute Gasteiger partial charge is 0.456 e. The molecular weight excluding hydrogens is 528 g/mol. The molecule has 0 bridgehead atoms. The second-order valence-corrected chi connectivity index (χ2v) is 10.9. The van der Waals surface area contributed by atoms with Gasteiger partial charge in [-0.25, -0.2) is 0 Å². The highest BCUT2D eigenvalue weighted by atomic mass is 16.3. The molecule has 3 heterocycles. The number of para-hydroxylation sites is 2. The molecular formula is C38H20N4O. The molecule has 0 radical (unpaired) electrons. The standard InChI is InChI=1S/C38H20N4O/c39-21-23-12-14-35-29(16-23)27-8-1-3-10-33(27)41(35)25-6-5-7-26(18-25)42-34-11-4-2-9-28(34)30-19-32-31-17-24(22-40)13-15-37(31)43-38(32)20-36(30)42/h1-20H. The summed E-state index contributed by atoms with van der Waals surface area (Å²) in [5.41, 5.74) is 9.18. The Kier molecular flexibility index (Phi) is 4.68. The first kappa shape index (κ1) is 23.4. The lowest BCUT2D eigenvalue weighted by atomic mass is 10.1. The van der Waals surface area contributed by atoms with Gasteiger partial charge in [-0.2, -0.15) is 10.5 Å². The van der Waals surface area contributed by atoms with Crippen molar-refractivity contribution in [2.75, 3.05) is 0 Å². The average molecular weight is 549 g/mol. The average Bonchev–Trinajstić information content (AvgIpc) is 3.70. The summed E-state index contributed by atoms with van der Waals surface area (Å²) < 4.78 is 10.9. The Labute approximate surface area is 245 Å². The van der Waals surface area contributed by atoms with E-state index >= 15 is 0 Å². The summed E-state index contributed by atoms with van der Waals surface area (Å²) in [6, 6.07) is 45.7. The minimum Gasteiger partial charge on any atom is -0.456 e. The van der Waals surface area contributed by atoms with Gasteiger partial charge in [-0.15, -0.1) is 0 Å². The summed E-state index contributed by atoms with van der Waals surface area (Å²) in [5, 5.41) is 25.4. The molecule has 0 saturated heterocycles. The molecule has 9 rings (SSSR count). The fourth-order valence-electron chi connectivity index (χ4n) is 6.68. The zero-order valence-electron chi connectivity index (χ0n) is 22.7. The lowest BCUT2D eigenvalue weighted by Gasteiger charge is -2.12. The summed E-state index contributed by atoms with van der Waals surface area (Å²) >= 11 is 0.